The van der Waals surface area contributed by atoms with Gasteiger partial charge in [-0.3, -0.25) is 4.68 Å². The summed E-state index contributed by atoms with van der Waals surface area (Å²) in [5.74, 6) is 0. The van der Waals surface area contributed by atoms with E-state index in [9.17, 15) is 0 Å². The molecule has 0 unspecified atom stereocenters. The summed E-state index contributed by atoms with van der Waals surface area (Å²) >= 11 is 1.54. The molecule has 2 aromatic rings. The third kappa shape index (κ3) is 1.90. The van der Waals surface area contributed by atoms with Crippen LogP contribution in [-0.4, -0.2) is 27.0 Å². The van der Waals surface area contributed by atoms with Gasteiger partial charge in [0.15, 0.2) is 0 Å². The number of nitrogens with zero attached hydrogens (tertiary/aromatic N) is 4. The van der Waals surface area contributed by atoms with Crippen LogP contribution < -0.4 is 5.32 Å². The normalized spacial score (nSPS) is 10.4. The third-order valence-corrected chi connectivity index (χ3v) is 2.68. The van der Waals surface area contributed by atoms with E-state index in [2.05, 4.69) is 20.6 Å². The predicted molar refractivity (Wildman–Crippen MR) is 55.5 cm³/mol. The number of hydrogen-bond donors (Lipinski definition) is 1. The summed E-state index contributed by atoms with van der Waals surface area (Å²) in [4.78, 5) is 0. The van der Waals surface area contributed by atoms with Gasteiger partial charge in [0.1, 0.15) is 5.01 Å². The molecule has 74 valence electrons. The van der Waals surface area contributed by atoms with E-state index in [1.165, 1.54) is 0 Å². The van der Waals surface area contributed by atoms with Gasteiger partial charge in [-0.2, -0.15) is 5.10 Å². The lowest BCUT2D eigenvalue weighted by molar-refractivity contribution is 0.670. The van der Waals surface area contributed by atoms with Crippen LogP contribution in [0.25, 0.3) is 0 Å². The van der Waals surface area contributed by atoms with Crippen molar-refractivity contribution < 1.29 is 0 Å². The van der Waals surface area contributed by atoms with E-state index in [1.54, 1.807) is 11.3 Å². The van der Waals surface area contributed by atoms with Gasteiger partial charge < -0.3 is 5.32 Å². The first-order chi connectivity index (χ1) is 6.78. The Morgan fingerprint density at radius 1 is 1.50 bits per heavy atom. The van der Waals surface area contributed by atoms with Gasteiger partial charge in [-0.25, -0.2) is 0 Å². The maximum atomic E-state index is 4.28. The first-order valence-corrected chi connectivity index (χ1v) is 5.10. The highest BCUT2D eigenvalue weighted by Gasteiger charge is 2.03. The second-order valence-corrected chi connectivity index (χ2v) is 3.97. The minimum Gasteiger partial charge on any atom is -0.363 e. The summed E-state index contributed by atoms with van der Waals surface area (Å²) in [6.07, 6.45) is 1.94. The number of hydrogen-bond acceptors (Lipinski definition) is 5. The van der Waals surface area contributed by atoms with Crippen molar-refractivity contribution in [2.45, 2.75) is 13.5 Å². The molecular formula is C8H11N5S. The molecule has 0 amide bonds. The highest BCUT2D eigenvalue weighted by Crippen LogP contribution is 2.14. The van der Waals surface area contributed by atoms with Crippen LogP contribution in [0.3, 0.4) is 0 Å². The molecule has 0 saturated carbocycles. The van der Waals surface area contributed by atoms with E-state index >= 15 is 0 Å². The van der Waals surface area contributed by atoms with E-state index in [0.717, 1.165) is 15.8 Å². The fourth-order valence-corrected chi connectivity index (χ4v) is 1.79. The summed E-state index contributed by atoms with van der Waals surface area (Å²) in [7, 11) is 1.84. The highest BCUT2D eigenvalue weighted by atomic mass is 32.1. The van der Waals surface area contributed by atoms with Crippen LogP contribution in [0.4, 0.5) is 5.13 Å². The molecule has 0 fully saturated rings. The van der Waals surface area contributed by atoms with Crippen LogP contribution in [0.5, 0.6) is 0 Å². The number of rotatable bonds is 3. The molecule has 0 spiro atoms. The number of anilines is 1. The summed E-state index contributed by atoms with van der Waals surface area (Å²) in [6.45, 7) is 2.66. The number of nitrogens with one attached hydrogen (secondary N) is 1. The highest BCUT2D eigenvalue weighted by molar-refractivity contribution is 7.15. The standard InChI is InChI=1S/C8H11N5S/c1-6-3-4-13(12-6)5-7-10-11-8(9-2)14-7/h3-4H,5H2,1-2H3,(H,9,11). The fourth-order valence-electron chi connectivity index (χ4n) is 1.11. The van der Waals surface area contributed by atoms with Gasteiger partial charge in [0.05, 0.1) is 12.2 Å². The van der Waals surface area contributed by atoms with Gasteiger partial charge >= 0.3 is 0 Å². The summed E-state index contributed by atoms with van der Waals surface area (Å²) < 4.78 is 1.86. The average Bonchev–Trinajstić information content (AvgIpc) is 2.76. The molecule has 2 aromatic heterocycles. The summed E-state index contributed by atoms with van der Waals surface area (Å²) in [5.41, 5.74) is 1.02. The second-order valence-electron chi connectivity index (χ2n) is 2.91. The molecule has 2 heterocycles. The van der Waals surface area contributed by atoms with E-state index in [0.29, 0.717) is 6.54 Å². The number of aryl methyl sites for hydroxylation is 1. The average molecular weight is 209 g/mol. The van der Waals surface area contributed by atoms with E-state index in [-0.39, 0.29) is 0 Å². The smallest absolute Gasteiger partial charge is 0.205 e. The van der Waals surface area contributed by atoms with E-state index in [1.807, 2.05) is 30.9 Å². The molecule has 0 atom stereocenters. The molecule has 6 heteroatoms. The van der Waals surface area contributed by atoms with Crippen molar-refractivity contribution in [3.8, 4) is 0 Å². The van der Waals surface area contributed by atoms with Crippen molar-refractivity contribution >= 4 is 16.5 Å². The van der Waals surface area contributed by atoms with Crippen LogP contribution in [0.15, 0.2) is 12.3 Å². The molecule has 1 N–H and O–H groups in total. The molecule has 0 aliphatic carbocycles. The molecule has 0 aliphatic rings. The maximum Gasteiger partial charge on any atom is 0.205 e. The SMILES string of the molecule is CNc1nnc(Cn2ccc(C)n2)s1. The molecule has 2 rings (SSSR count). The summed E-state index contributed by atoms with van der Waals surface area (Å²) in [6, 6.07) is 1.97. The topological polar surface area (TPSA) is 55.6 Å². The van der Waals surface area contributed by atoms with Crippen LogP contribution in [0.2, 0.25) is 0 Å². The van der Waals surface area contributed by atoms with Crippen LogP contribution in [0, 0.1) is 6.92 Å². The van der Waals surface area contributed by atoms with Crippen molar-refractivity contribution in [3.05, 3.63) is 23.0 Å². The molecule has 5 nitrogen and oxygen atoms in total. The van der Waals surface area contributed by atoms with Crippen molar-refractivity contribution in [3.63, 3.8) is 0 Å². The third-order valence-electron chi connectivity index (χ3n) is 1.75. The Hall–Kier alpha value is -1.43. The lowest BCUT2D eigenvalue weighted by Gasteiger charge is -1.94. The Morgan fingerprint density at radius 3 is 2.93 bits per heavy atom. The fraction of sp³-hybridized carbons (Fsp3) is 0.375. The van der Waals surface area contributed by atoms with Gasteiger partial charge in [0, 0.05) is 13.2 Å². The van der Waals surface area contributed by atoms with Crippen molar-refractivity contribution in [1.82, 2.24) is 20.0 Å². The quantitative estimate of drug-likeness (QED) is 0.823. The van der Waals surface area contributed by atoms with Crippen LogP contribution >= 0.6 is 11.3 Å². The van der Waals surface area contributed by atoms with Gasteiger partial charge in [-0.05, 0) is 13.0 Å². The first-order valence-electron chi connectivity index (χ1n) is 4.28. The Kier molecular flexibility index (Phi) is 2.45. The molecule has 0 saturated heterocycles. The largest absolute Gasteiger partial charge is 0.363 e. The number of aromatic nitrogens is 4. The Bertz CT molecular complexity index is 419. The van der Waals surface area contributed by atoms with Gasteiger partial charge in [0.25, 0.3) is 0 Å². The maximum absolute atomic E-state index is 4.28. The predicted octanol–water partition coefficient (Wildman–Crippen LogP) is 1.13. The van der Waals surface area contributed by atoms with Crippen molar-refractivity contribution in [2.75, 3.05) is 12.4 Å². The summed E-state index contributed by atoms with van der Waals surface area (Å²) in [5, 5.41) is 17.0. The minimum atomic E-state index is 0.688. The Morgan fingerprint density at radius 2 is 2.36 bits per heavy atom. The zero-order valence-corrected chi connectivity index (χ0v) is 8.88. The minimum absolute atomic E-state index is 0.688. The molecule has 0 bridgehead atoms. The first kappa shape index (κ1) is 9.14. The zero-order valence-electron chi connectivity index (χ0n) is 8.06. The Labute approximate surface area is 85.8 Å². The molecule has 0 aliphatic heterocycles. The lowest BCUT2D eigenvalue weighted by Crippen LogP contribution is -1.99. The molecule has 0 aromatic carbocycles. The zero-order chi connectivity index (χ0) is 9.97. The van der Waals surface area contributed by atoms with Crippen LogP contribution in [0.1, 0.15) is 10.7 Å². The van der Waals surface area contributed by atoms with Gasteiger partial charge in [-0.15, -0.1) is 10.2 Å². The molecule has 0 radical (unpaired) electrons. The monoisotopic (exact) mass is 209 g/mol. The molecule has 14 heavy (non-hydrogen) atoms. The molecular weight excluding hydrogens is 198 g/mol. The van der Waals surface area contributed by atoms with E-state index in [4.69, 9.17) is 0 Å². The lowest BCUT2D eigenvalue weighted by atomic mass is 10.5. The van der Waals surface area contributed by atoms with Crippen molar-refractivity contribution in [2.24, 2.45) is 0 Å². The van der Waals surface area contributed by atoms with Gasteiger partial charge in [-0.1, -0.05) is 11.3 Å². The Balaban J connectivity index is 2.10. The van der Waals surface area contributed by atoms with Gasteiger partial charge in [0.2, 0.25) is 5.13 Å². The van der Waals surface area contributed by atoms with E-state index < -0.39 is 0 Å². The van der Waals surface area contributed by atoms with Crippen molar-refractivity contribution in [1.29, 1.82) is 0 Å². The van der Waals surface area contributed by atoms with Crippen LogP contribution in [-0.2, 0) is 6.54 Å². The second kappa shape index (κ2) is 3.75.